The van der Waals surface area contributed by atoms with Gasteiger partial charge in [-0.3, -0.25) is 4.79 Å². The summed E-state index contributed by atoms with van der Waals surface area (Å²) < 4.78 is 1.64. The minimum absolute atomic E-state index is 0.0202. The average Bonchev–Trinajstić information content (AvgIpc) is 2.32. The fourth-order valence-corrected chi connectivity index (χ4v) is 2.23. The summed E-state index contributed by atoms with van der Waals surface area (Å²) in [6.45, 7) is 5.10. The maximum absolute atomic E-state index is 11.6. The average molecular weight is 251 g/mol. The summed E-state index contributed by atoms with van der Waals surface area (Å²) in [6, 6.07) is 3.12. The van der Waals surface area contributed by atoms with E-state index in [-0.39, 0.29) is 5.56 Å². The van der Waals surface area contributed by atoms with Gasteiger partial charge in [0.2, 0.25) is 0 Å². The SMILES string of the molecule is CC1(O)CCN(CCn2cc(N)ccc2=O)CC1. The van der Waals surface area contributed by atoms with E-state index >= 15 is 0 Å². The van der Waals surface area contributed by atoms with Gasteiger partial charge in [0.15, 0.2) is 0 Å². The minimum Gasteiger partial charge on any atom is -0.398 e. The topological polar surface area (TPSA) is 71.5 Å². The lowest BCUT2D eigenvalue weighted by molar-refractivity contribution is -0.00594. The van der Waals surface area contributed by atoms with Crippen molar-refractivity contribution >= 4 is 5.69 Å². The second-order valence-electron chi connectivity index (χ2n) is 5.33. The van der Waals surface area contributed by atoms with Crippen molar-refractivity contribution in [1.82, 2.24) is 9.47 Å². The molecule has 1 aliphatic rings. The Kier molecular flexibility index (Phi) is 3.73. The lowest BCUT2D eigenvalue weighted by atomic mass is 9.94. The number of nitrogens with two attached hydrogens (primary N) is 1. The van der Waals surface area contributed by atoms with Gasteiger partial charge in [-0.2, -0.15) is 0 Å². The van der Waals surface area contributed by atoms with E-state index in [0.29, 0.717) is 12.2 Å². The Balaban J connectivity index is 1.89. The molecule has 5 heteroatoms. The highest BCUT2D eigenvalue weighted by molar-refractivity contribution is 5.33. The van der Waals surface area contributed by atoms with Crippen molar-refractivity contribution in [3.63, 3.8) is 0 Å². The number of pyridine rings is 1. The van der Waals surface area contributed by atoms with Crippen molar-refractivity contribution in [2.24, 2.45) is 0 Å². The zero-order chi connectivity index (χ0) is 13.2. The van der Waals surface area contributed by atoms with E-state index in [1.54, 1.807) is 16.8 Å². The Morgan fingerprint density at radius 1 is 1.33 bits per heavy atom. The predicted molar refractivity (Wildman–Crippen MR) is 71.4 cm³/mol. The van der Waals surface area contributed by atoms with Gasteiger partial charge in [0.1, 0.15) is 0 Å². The number of rotatable bonds is 3. The summed E-state index contributed by atoms with van der Waals surface area (Å²) in [4.78, 5) is 13.9. The van der Waals surface area contributed by atoms with E-state index in [2.05, 4.69) is 4.90 Å². The Bertz CT molecular complexity index is 458. The Morgan fingerprint density at radius 3 is 2.67 bits per heavy atom. The fraction of sp³-hybridized carbons (Fsp3) is 0.615. The molecule has 1 aromatic rings. The molecule has 0 saturated carbocycles. The van der Waals surface area contributed by atoms with Crippen LogP contribution in [-0.2, 0) is 6.54 Å². The molecule has 2 rings (SSSR count). The van der Waals surface area contributed by atoms with Gasteiger partial charge >= 0.3 is 0 Å². The minimum atomic E-state index is -0.523. The first-order chi connectivity index (χ1) is 8.46. The normalized spacial score (nSPS) is 19.9. The molecule has 0 bridgehead atoms. The number of hydrogen-bond donors (Lipinski definition) is 2. The van der Waals surface area contributed by atoms with Crippen LogP contribution in [0.1, 0.15) is 19.8 Å². The molecule has 18 heavy (non-hydrogen) atoms. The molecule has 5 nitrogen and oxygen atoms in total. The smallest absolute Gasteiger partial charge is 0.250 e. The molecule has 0 aromatic carbocycles. The third kappa shape index (κ3) is 3.34. The second kappa shape index (κ2) is 5.12. The van der Waals surface area contributed by atoms with E-state index in [4.69, 9.17) is 5.73 Å². The maximum Gasteiger partial charge on any atom is 0.250 e. The number of hydrogen-bond acceptors (Lipinski definition) is 4. The van der Waals surface area contributed by atoms with Crippen LogP contribution in [0.3, 0.4) is 0 Å². The number of nitrogen functional groups attached to an aromatic ring is 1. The standard InChI is InChI=1S/C13H21N3O2/c1-13(18)4-6-15(7-5-13)8-9-16-10-11(14)2-3-12(16)17/h2-3,10,18H,4-9,14H2,1H3. The fourth-order valence-electron chi connectivity index (χ4n) is 2.23. The summed E-state index contributed by atoms with van der Waals surface area (Å²) in [7, 11) is 0. The van der Waals surface area contributed by atoms with Crippen LogP contribution in [0.4, 0.5) is 5.69 Å². The quantitative estimate of drug-likeness (QED) is 0.809. The highest BCUT2D eigenvalue weighted by atomic mass is 16.3. The summed E-state index contributed by atoms with van der Waals surface area (Å²) in [6.07, 6.45) is 3.26. The maximum atomic E-state index is 11.6. The molecule has 100 valence electrons. The molecule has 0 spiro atoms. The Labute approximate surface area is 107 Å². The van der Waals surface area contributed by atoms with Gasteiger partial charge < -0.3 is 20.3 Å². The number of anilines is 1. The van der Waals surface area contributed by atoms with Crippen molar-refractivity contribution in [3.05, 3.63) is 28.7 Å². The summed E-state index contributed by atoms with van der Waals surface area (Å²) >= 11 is 0. The molecule has 2 heterocycles. The third-order valence-corrected chi connectivity index (χ3v) is 3.60. The molecule has 3 N–H and O–H groups in total. The van der Waals surface area contributed by atoms with E-state index in [9.17, 15) is 9.90 Å². The molecule has 1 aliphatic heterocycles. The van der Waals surface area contributed by atoms with Crippen LogP contribution < -0.4 is 11.3 Å². The van der Waals surface area contributed by atoms with Crippen molar-refractivity contribution in [2.75, 3.05) is 25.4 Å². The number of aromatic nitrogens is 1. The molecule has 1 saturated heterocycles. The number of likely N-dealkylation sites (tertiary alicyclic amines) is 1. The highest BCUT2D eigenvalue weighted by Crippen LogP contribution is 2.20. The van der Waals surface area contributed by atoms with Gasteiger partial charge in [-0.1, -0.05) is 0 Å². The van der Waals surface area contributed by atoms with Crippen LogP contribution in [0.25, 0.3) is 0 Å². The van der Waals surface area contributed by atoms with Crippen LogP contribution in [0.5, 0.6) is 0 Å². The van der Waals surface area contributed by atoms with Gasteiger partial charge in [-0.05, 0) is 25.8 Å². The van der Waals surface area contributed by atoms with Crippen LogP contribution in [0.15, 0.2) is 23.1 Å². The van der Waals surface area contributed by atoms with E-state index in [1.165, 1.54) is 6.07 Å². The highest BCUT2D eigenvalue weighted by Gasteiger charge is 2.26. The van der Waals surface area contributed by atoms with Gasteiger partial charge in [0.05, 0.1) is 5.60 Å². The lowest BCUT2D eigenvalue weighted by Gasteiger charge is -2.35. The van der Waals surface area contributed by atoms with E-state index in [1.807, 2.05) is 6.92 Å². The molecule has 1 fully saturated rings. The predicted octanol–water partition coefficient (Wildman–Crippen LogP) is 0.277. The number of nitrogens with zero attached hydrogens (tertiary/aromatic N) is 2. The molecular weight excluding hydrogens is 230 g/mol. The molecule has 0 amide bonds. The van der Waals surface area contributed by atoms with Crippen LogP contribution in [0, 0.1) is 0 Å². The summed E-state index contributed by atoms with van der Waals surface area (Å²) in [5, 5.41) is 9.86. The van der Waals surface area contributed by atoms with Crippen molar-refractivity contribution < 1.29 is 5.11 Å². The van der Waals surface area contributed by atoms with Crippen molar-refractivity contribution in [3.8, 4) is 0 Å². The number of aliphatic hydroxyl groups is 1. The Hall–Kier alpha value is -1.33. The number of piperidine rings is 1. The monoisotopic (exact) mass is 251 g/mol. The zero-order valence-corrected chi connectivity index (χ0v) is 10.8. The van der Waals surface area contributed by atoms with Gasteiger partial charge in [0.25, 0.3) is 5.56 Å². The molecule has 1 aromatic heterocycles. The molecular formula is C13H21N3O2. The molecule has 0 unspecified atom stereocenters. The van der Waals surface area contributed by atoms with E-state index < -0.39 is 5.60 Å². The third-order valence-electron chi connectivity index (χ3n) is 3.60. The summed E-state index contributed by atoms with van der Waals surface area (Å²) in [5.74, 6) is 0. The largest absolute Gasteiger partial charge is 0.398 e. The van der Waals surface area contributed by atoms with Crippen molar-refractivity contribution in [2.45, 2.75) is 31.9 Å². The van der Waals surface area contributed by atoms with E-state index in [0.717, 1.165) is 32.5 Å². The van der Waals surface area contributed by atoms with Crippen LogP contribution in [-0.4, -0.2) is 39.8 Å². The lowest BCUT2D eigenvalue weighted by Crippen LogP contribution is -2.43. The second-order valence-corrected chi connectivity index (χ2v) is 5.33. The molecule has 0 atom stereocenters. The Morgan fingerprint density at radius 2 is 2.00 bits per heavy atom. The first-order valence-electron chi connectivity index (χ1n) is 6.37. The van der Waals surface area contributed by atoms with Gasteiger partial charge in [0, 0.05) is 44.1 Å². The molecule has 0 radical (unpaired) electrons. The first kappa shape index (κ1) is 13.1. The molecule has 0 aliphatic carbocycles. The van der Waals surface area contributed by atoms with Crippen LogP contribution in [0.2, 0.25) is 0 Å². The first-order valence-corrected chi connectivity index (χ1v) is 6.37. The van der Waals surface area contributed by atoms with Gasteiger partial charge in [-0.25, -0.2) is 0 Å². The zero-order valence-electron chi connectivity index (χ0n) is 10.8. The summed E-state index contributed by atoms with van der Waals surface area (Å²) in [5.41, 5.74) is 5.73. The van der Waals surface area contributed by atoms with Crippen molar-refractivity contribution in [1.29, 1.82) is 0 Å². The van der Waals surface area contributed by atoms with Gasteiger partial charge in [-0.15, -0.1) is 0 Å². The van der Waals surface area contributed by atoms with Crippen LogP contribution >= 0.6 is 0 Å².